The zero-order valence-corrected chi connectivity index (χ0v) is 9.13. The van der Waals surface area contributed by atoms with Gasteiger partial charge in [0.05, 0.1) is 19.3 Å². The molecule has 0 saturated carbocycles. The van der Waals surface area contributed by atoms with Gasteiger partial charge in [0.15, 0.2) is 5.78 Å². The standard InChI is InChI=1S/C12H14FNO2/c1-8-2-3-9(6-10(8)13)12(15)11-7-16-5-4-14-11/h2-3,6,11,14H,4-5,7H2,1H3. The summed E-state index contributed by atoms with van der Waals surface area (Å²) in [6, 6.07) is 4.20. The van der Waals surface area contributed by atoms with Crippen LogP contribution in [0.3, 0.4) is 0 Å². The number of aryl methyl sites for hydroxylation is 1. The number of rotatable bonds is 2. The summed E-state index contributed by atoms with van der Waals surface area (Å²) in [5.74, 6) is -0.457. The lowest BCUT2D eigenvalue weighted by atomic mass is 10.0. The predicted octanol–water partition coefficient (Wildman–Crippen LogP) is 1.31. The van der Waals surface area contributed by atoms with Gasteiger partial charge in [-0.25, -0.2) is 4.39 Å². The van der Waals surface area contributed by atoms with Crippen LogP contribution in [0.5, 0.6) is 0 Å². The predicted molar refractivity (Wildman–Crippen MR) is 58.1 cm³/mol. The number of ether oxygens (including phenoxy) is 1. The van der Waals surface area contributed by atoms with Crippen molar-refractivity contribution in [1.82, 2.24) is 5.32 Å². The number of ketones is 1. The lowest BCUT2D eigenvalue weighted by molar-refractivity contribution is 0.0607. The Labute approximate surface area is 93.6 Å². The number of morpholine rings is 1. The van der Waals surface area contributed by atoms with Crippen molar-refractivity contribution in [2.45, 2.75) is 13.0 Å². The van der Waals surface area contributed by atoms with Crippen molar-refractivity contribution in [3.05, 3.63) is 35.1 Å². The zero-order chi connectivity index (χ0) is 11.5. The Bertz CT molecular complexity index is 400. The monoisotopic (exact) mass is 223 g/mol. The average Bonchev–Trinajstić information content (AvgIpc) is 2.33. The van der Waals surface area contributed by atoms with Gasteiger partial charge in [-0.05, 0) is 18.6 Å². The smallest absolute Gasteiger partial charge is 0.182 e. The number of hydrogen-bond acceptors (Lipinski definition) is 3. The third-order valence-electron chi connectivity index (χ3n) is 2.69. The molecule has 1 unspecified atom stereocenters. The Morgan fingerprint density at radius 2 is 2.38 bits per heavy atom. The molecular formula is C12H14FNO2. The molecule has 1 aromatic rings. The normalized spacial score (nSPS) is 20.8. The van der Waals surface area contributed by atoms with Crippen molar-refractivity contribution in [1.29, 1.82) is 0 Å². The molecular weight excluding hydrogens is 209 g/mol. The van der Waals surface area contributed by atoms with Crippen molar-refractivity contribution in [3.63, 3.8) is 0 Å². The van der Waals surface area contributed by atoms with Crippen LogP contribution in [0.25, 0.3) is 0 Å². The molecule has 0 radical (unpaired) electrons. The first-order chi connectivity index (χ1) is 7.68. The molecule has 0 spiro atoms. The highest BCUT2D eigenvalue weighted by atomic mass is 19.1. The first-order valence-electron chi connectivity index (χ1n) is 5.30. The number of hydrogen-bond donors (Lipinski definition) is 1. The van der Waals surface area contributed by atoms with E-state index in [1.54, 1.807) is 19.1 Å². The van der Waals surface area contributed by atoms with Crippen LogP contribution >= 0.6 is 0 Å². The minimum absolute atomic E-state index is 0.112. The molecule has 1 saturated heterocycles. The van der Waals surface area contributed by atoms with Crippen LogP contribution in [-0.4, -0.2) is 31.6 Å². The van der Waals surface area contributed by atoms with Gasteiger partial charge in [-0.2, -0.15) is 0 Å². The second kappa shape index (κ2) is 4.72. The maximum atomic E-state index is 13.3. The van der Waals surface area contributed by atoms with Gasteiger partial charge in [-0.1, -0.05) is 12.1 Å². The number of carbonyl (C=O) groups excluding carboxylic acids is 1. The summed E-state index contributed by atoms with van der Waals surface area (Å²) in [6.45, 7) is 3.30. The van der Waals surface area contributed by atoms with Crippen LogP contribution in [0.15, 0.2) is 18.2 Å². The SMILES string of the molecule is Cc1ccc(C(=O)C2COCCN2)cc1F. The summed E-state index contributed by atoms with van der Waals surface area (Å²) in [5, 5.41) is 3.05. The van der Waals surface area contributed by atoms with Crippen LogP contribution < -0.4 is 5.32 Å². The van der Waals surface area contributed by atoms with E-state index in [2.05, 4.69) is 5.32 Å². The summed E-state index contributed by atoms with van der Waals surface area (Å²) >= 11 is 0. The fourth-order valence-corrected chi connectivity index (χ4v) is 1.68. The first-order valence-corrected chi connectivity index (χ1v) is 5.30. The molecule has 4 heteroatoms. The molecule has 86 valence electrons. The third-order valence-corrected chi connectivity index (χ3v) is 2.69. The number of halogens is 1. The van der Waals surface area contributed by atoms with E-state index in [1.165, 1.54) is 6.07 Å². The van der Waals surface area contributed by atoms with Gasteiger partial charge in [-0.15, -0.1) is 0 Å². The largest absolute Gasteiger partial charge is 0.378 e. The molecule has 1 aliphatic rings. The Morgan fingerprint density at radius 3 is 3.00 bits per heavy atom. The number of nitrogens with one attached hydrogen (secondary N) is 1. The molecule has 1 heterocycles. The van der Waals surface area contributed by atoms with Crippen LogP contribution in [0, 0.1) is 12.7 Å². The fraction of sp³-hybridized carbons (Fsp3) is 0.417. The molecule has 1 N–H and O–H groups in total. The second-order valence-electron chi connectivity index (χ2n) is 3.91. The molecule has 0 aromatic heterocycles. The maximum absolute atomic E-state index is 13.3. The van der Waals surface area contributed by atoms with Crippen molar-refractivity contribution >= 4 is 5.78 Å². The number of carbonyl (C=O) groups is 1. The second-order valence-corrected chi connectivity index (χ2v) is 3.91. The Kier molecular flexibility index (Phi) is 3.31. The lowest BCUT2D eigenvalue weighted by Gasteiger charge is -2.22. The summed E-state index contributed by atoms with van der Waals surface area (Å²) in [6.07, 6.45) is 0. The first kappa shape index (κ1) is 11.2. The average molecular weight is 223 g/mol. The van der Waals surface area contributed by atoms with Crippen LogP contribution in [-0.2, 0) is 4.74 Å². The van der Waals surface area contributed by atoms with E-state index in [1.807, 2.05) is 0 Å². The van der Waals surface area contributed by atoms with Gasteiger partial charge < -0.3 is 10.1 Å². The van der Waals surface area contributed by atoms with E-state index in [-0.39, 0.29) is 17.6 Å². The topological polar surface area (TPSA) is 38.3 Å². The minimum Gasteiger partial charge on any atom is -0.378 e. The summed E-state index contributed by atoms with van der Waals surface area (Å²) in [7, 11) is 0. The fourth-order valence-electron chi connectivity index (χ4n) is 1.68. The minimum atomic E-state index is -0.351. The van der Waals surface area contributed by atoms with E-state index in [0.717, 1.165) is 0 Å². The van der Waals surface area contributed by atoms with Gasteiger partial charge in [0.2, 0.25) is 0 Å². The van der Waals surface area contributed by atoms with Crippen LogP contribution in [0.4, 0.5) is 4.39 Å². The zero-order valence-electron chi connectivity index (χ0n) is 9.13. The highest BCUT2D eigenvalue weighted by Gasteiger charge is 2.22. The van der Waals surface area contributed by atoms with Crippen molar-refractivity contribution < 1.29 is 13.9 Å². The number of Topliss-reactive ketones (excluding diaryl/α,β-unsaturated/α-hetero) is 1. The van der Waals surface area contributed by atoms with E-state index < -0.39 is 0 Å². The maximum Gasteiger partial charge on any atom is 0.182 e. The van der Waals surface area contributed by atoms with Crippen molar-refractivity contribution in [2.24, 2.45) is 0 Å². The van der Waals surface area contributed by atoms with Crippen LogP contribution in [0.2, 0.25) is 0 Å². The molecule has 3 nitrogen and oxygen atoms in total. The lowest BCUT2D eigenvalue weighted by Crippen LogP contribution is -2.46. The summed E-state index contributed by atoms with van der Waals surface area (Å²) in [5.41, 5.74) is 0.940. The van der Waals surface area contributed by atoms with Gasteiger partial charge in [0.1, 0.15) is 5.82 Å². The van der Waals surface area contributed by atoms with E-state index in [9.17, 15) is 9.18 Å². The van der Waals surface area contributed by atoms with Gasteiger partial charge in [0.25, 0.3) is 0 Å². The summed E-state index contributed by atoms with van der Waals surface area (Å²) in [4.78, 5) is 12.0. The molecule has 1 aliphatic heterocycles. The van der Waals surface area contributed by atoms with E-state index in [4.69, 9.17) is 4.74 Å². The molecule has 2 rings (SSSR count). The van der Waals surface area contributed by atoms with Gasteiger partial charge in [0, 0.05) is 12.1 Å². The quantitative estimate of drug-likeness (QED) is 0.768. The molecule has 1 fully saturated rings. The molecule has 1 aromatic carbocycles. The molecule has 16 heavy (non-hydrogen) atoms. The van der Waals surface area contributed by atoms with Gasteiger partial charge >= 0.3 is 0 Å². The number of benzene rings is 1. The van der Waals surface area contributed by atoms with E-state index in [0.29, 0.717) is 30.9 Å². The molecule has 1 atom stereocenters. The molecule has 0 aliphatic carbocycles. The van der Waals surface area contributed by atoms with Gasteiger partial charge in [-0.3, -0.25) is 4.79 Å². The van der Waals surface area contributed by atoms with E-state index >= 15 is 0 Å². The Balaban J connectivity index is 2.16. The molecule has 0 amide bonds. The Morgan fingerprint density at radius 1 is 1.56 bits per heavy atom. The highest BCUT2D eigenvalue weighted by molar-refractivity contribution is 6.00. The Hall–Kier alpha value is -1.26. The van der Waals surface area contributed by atoms with Crippen molar-refractivity contribution in [3.8, 4) is 0 Å². The van der Waals surface area contributed by atoms with Crippen molar-refractivity contribution in [2.75, 3.05) is 19.8 Å². The van der Waals surface area contributed by atoms with Crippen LogP contribution in [0.1, 0.15) is 15.9 Å². The molecule has 0 bridgehead atoms. The highest BCUT2D eigenvalue weighted by Crippen LogP contribution is 2.12. The summed E-state index contributed by atoms with van der Waals surface area (Å²) < 4.78 is 18.5. The third kappa shape index (κ3) is 2.28.